The minimum atomic E-state index is -0.313. The molecule has 0 bridgehead atoms. The summed E-state index contributed by atoms with van der Waals surface area (Å²) in [5.74, 6) is 0.759. The fraction of sp³-hybridized carbons (Fsp3) is 0.455. The van der Waals surface area contributed by atoms with Crippen molar-refractivity contribution < 1.29 is 5.11 Å². The van der Waals surface area contributed by atoms with Crippen LogP contribution in [0.2, 0.25) is 0 Å². The van der Waals surface area contributed by atoms with Crippen LogP contribution in [0.5, 0.6) is 0 Å². The molecule has 0 radical (unpaired) electrons. The Kier molecular flexibility index (Phi) is 4.07. The van der Waals surface area contributed by atoms with Crippen LogP contribution in [0.4, 0.5) is 5.82 Å². The van der Waals surface area contributed by atoms with E-state index < -0.39 is 0 Å². The molecule has 0 aliphatic carbocycles. The molecule has 0 spiro atoms. The number of hydrogen-bond acceptors (Lipinski definition) is 4. The summed E-state index contributed by atoms with van der Waals surface area (Å²) >= 11 is 0. The van der Waals surface area contributed by atoms with Crippen LogP contribution < -0.4 is 4.90 Å². The van der Waals surface area contributed by atoms with E-state index in [0.29, 0.717) is 12.0 Å². The average Bonchev–Trinajstić information content (AvgIpc) is 2.26. The maximum atomic E-state index is 9.15. The Morgan fingerprint density at radius 1 is 1.67 bits per heavy atom. The van der Waals surface area contributed by atoms with Crippen LogP contribution in [0.1, 0.15) is 18.9 Å². The molecule has 1 rings (SSSR count). The van der Waals surface area contributed by atoms with Crippen LogP contribution in [0.3, 0.4) is 0 Å². The quantitative estimate of drug-likeness (QED) is 0.801. The van der Waals surface area contributed by atoms with Gasteiger partial charge in [0.15, 0.2) is 0 Å². The molecular formula is C11H15N3O. The zero-order valence-electron chi connectivity index (χ0n) is 9.01. The number of nitriles is 1. The summed E-state index contributed by atoms with van der Waals surface area (Å²) in [5, 5.41) is 17.9. The minimum absolute atomic E-state index is 0.313. The Bertz CT molecular complexity index is 357. The highest BCUT2D eigenvalue weighted by Gasteiger charge is 2.04. The number of rotatable bonds is 4. The van der Waals surface area contributed by atoms with Crippen LogP contribution in [-0.4, -0.2) is 29.8 Å². The second-order valence-electron chi connectivity index (χ2n) is 3.57. The largest absolute Gasteiger partial charge is 0.393 e. The topological polar surface area (TPSA) is 60.1 Å². The van der Waals surface area contributed by atoms with E-state index >= 15 is 0 Å². The van der Waals surface area contributed by atoms with Crippen molar-refractivity contribution in [1.29, 1.82) is 5.26 Å². The predicted molar refractivity (Wildman–Crippen MR) is 58.5 cm³/mol. The molecule has 0 aliphatic rings. The monoisotopic (exact) mass is 205 g/mol. The van der Waals surface area contributed by atoms with E-state index in [-0.39, 0.29) is 6.10 Å². The van der Waals surface area contributed by atoms with Crippen molar-refractivity contribution in [2.75, 3.05) is 18.5 Å². The Morgan fingerprint density at radius 3 is 3.00 bits per heavy atom. The van der Waals surface area contributed by atoms with E-state index in [1.54, 1.807) is 25.3 Å². The minimum Gasteiger partial charge on any atom is -0.393 e. The van der Waals surface area contributed by atoms with Gasteiger partial charge in [-0.15, -0.1) is 0 Å². The van der Waals surface area contributed by atoms with Gasteiger partial charge in [-0.25, -0.2) is 4.98 Å². The van der Waals surface area contributed by atoms with Crippen LogP contribution in [0.25, 0.3) is 0 Å². The maximum Gasteiger partial charge on any atom is 0.129 e. The molecule has 0 saturated carbocycles. The molecule has 1 heterocycles. The van der Waals surface area contributed by atoms with Crippen LogP contribution >= 0.6 is 0 Å². The van der Waals surface area contributed by atoms with Gasteiger partial charge in [0.25, 0.3) is 0 Å². The van der Waals surface area contributed by atoms with Gasteiger partial charge in [0, 0.05) is 19.8 Å². The fourth-order valence-electron chi connectivity index (χ4n) is 1.19. The zero-order chi connectivity index (χ0) is 11.3. The molecule has 1 N–H and O–H groups in total. The Balaban J connectivity index is 2.65. The van der Waals surface area contributed by atoms with Crippen molar-refractivity contribution in [2.24, 2.45) is 0 Å². The molecule has 1 aromatic rings. The Labute approximate surface area is 89.8 Å². The lowest BCUT2D eigenvalue weighted by molar-refractivity contribution is 0.187. The highest BCUT2D eigenvalue weighted by molar-refractivity contribution is 5.44. The molecule has 1 unspecified atom stereocenters. The number of anilines is 1. The number of aliphatic hydroxyl groups is 1. The molecule has 0 aliphatic heterocycles. The van der Waals surface area contributed by atoms with E-state index in [4.69, 9.17) is 10.4 Å². The van der Waals surface area contributed by atoms with E-state index in [1.807, 2.05) is 11.9 Å². The zero-order valence-corrected chi connectivity index (χ0v) is 9.01. The summed E-state index contributed by atoms with van der Waals surface area (Å²) in [7, 11) is 1.89. The second-order valence-corrected chi connectivity index (χ2v) is 3.57. The van der Waals surface area contributed by atoms with Crippen molar-refractivity contribution in [1.82, 2.24) is 4.98 Å². The van der Waals surface area contributed by atoms with Crippen LogP contribution in [-0.2, 0) is 0 Å². The first-order chi connectivity index (χ1) is 7.13. The number of aliphatic hydroxyl groups excluding tert-OH is 1. The van der Waals surface area contributed by atoms with Gasteiger partial charge in [0.2, 0.25) is 0 Å². The van der Waals surface area contributed by atoms with Crippen LogP contribution in [0.15, 0.2) is 18.3 Å². The Hall–Kier alpha value is -1.60. The molecule has 15 heavy (non-hydrogen) atoms. The van der Waals surface area contributed by atoms with Crippen molar-refractivity contribution >= 4 is 5.82 Å². The molecule has 80 valence electrons. The van der Waals surface area contributed by atoms with Crippen molar-refractivity contribution in [2.45, 2.75) is 19.4 Å². The summed E-state index contributed by atoms with van der Waals surface area (Å²) in [6, 6.07) is 5.48. The SMILES string of the molecule is CC(O)CCN(C)c1cc(C#N)ccn1. The molecule has 0 amide bonds. The van der Waals surface area contributed by atoms with Crippen molar-refractivity contribution in [3.63, 3.8) is 0 Å². The number of hydrogen-bond donors (Lipinski definition) is 1. The van der Waals surface area contributed by atoms with Gasteiger partial charge in [0.05, 0.1) is 17.7 Å². The first kappa shape index (κ1) is 11.5. The summed E-state index contributed by atoms with van der Waals surface area (Å²) < 4.78 is 0. The number of nitrogens with zero attached hydrogens (tertiary/aromatic N) is 3. The molecular weight excluding hydrogens is 190 g/mol. The van der Waals surface area contributed by atoms with Crippen molar-refractivity contribution in [3.05, 3.63) is 23.9 Å². The fourth-order valence-corrected chi connectivity index (χ4v) is 1.19. The highest BCUT2D eigenvalue weighted by atomic mass is 16.3. The van der Waals surface area contributed by atoms with Gasteiger partial charge < -0.3 is 10.0 Å². The smallest absolute Gasteiger partial charge is 0.129 e. The summed E-state index contributed by atoms with van der Waals surface area (Å²) in [5.41, 5.74) is 0.601. The third kappa shape index (κ3) is 3.56. The molecule has 0 aromatic carbocycles. The number of pyridine rings is 1. The maximum absolute atomic E-state index is 9.15. The molecule has 4 nitrogen and oxygen atoms in total. The lowest BCUT2D eigenvalue weighted by atomic mass is 10.2. The van der Waals surface area contributed by atoms with Gasteiger partial charge in [-0.2, -0.15) is 5.26 Å². The third-order valence-corrected chi connectivity index (χ3v) is 2.15. The molecule has 0 saturated heterocycles. The lowest BCUT2D eigenvalue weighted by Gasteiger charge is -2.18. The van der Waals surface area contributed by atoms with Gasteiger partial charge in [-0.3, -0.25) is 0 Å². The number of aromatic nitrogens is 1. The van der Waals surface area contributed by atoms with Gasteiger partial charge in [-0.1, -0.05) is 0 Å². The normalized spacial score (nSPS) is 11.9. The first-order valence-corrected chi connectivity index (χ1v) is 4.89. The van der Waals surface area contributed by atoms with E-state index in [2.05, 4.69) is 11.1 Å². The molecule has 4 heteroatoms. The molecule has 0 fully saturated rings. The van der Waals surface area contributed by atoms with Crippen molar-refractivity contribution in [3.8, 4) is 6.07 Å². The highest BCUT2D eigenvalue weighted by Crippen LogP contribution is 2.10. The second kappa shape index (κ2) is 5.32. The van der Waals surface area contributed by atoms with E-state index in [1.165, 1.54) is 0 Å². The van der Waals surface area contributed by atoms with Crippen LogP contribution in [0, 0.1) is 11.3 Å². The predicted octanol–water partition coefficient (Wildman–Crippen LogP) is 1.16. The van der Waals surface area contributed by atoms with E-state index in [0.717, 1.165) is 12.4 Å². The van der Waals surface area contributed by atoms with Gasteiger partial charge in [0.1, 0.15) is 5.82 Å². The molecule has 1 aromatic heterocycles. The summed E-state index contributed by atoms with van der Waals surface area (Å²) in [4.78, 5) is 6.08. The first-order valence-electron chi connectivity index (χ1n) is 4.89. The Morgan fingerprint density at radius 2 is 2.40 bits per heavy atom. The molecule has 1 atom stereocenters. The summed E-state index contributed by atoms with van der Waals surface area (Å²) in [6.07, 6.45) is 1.99. The summed E-state index contributed by atoms with van der Waals surface area (Å²) in [6.45, 7) is 2.48. The lowest BCUT2D eigenvalue weighted by Crippen LogP contribution is -2.22. The van der Waals surface area contributed by atoms with Gasteiger partial charge in [-0.05, 0) is 25.5 Å². The van der Waals surface area contributed by atoms with E-state index in [9.17, 15) is 0 Å². The standard InChI is InChI=1S/C11H15N3O/c1-9(15)4-6-14(2)11-7-10(8-12)3-5-13-11/h3,5,7,9,15H,4,6H2,1-2H3. The van der Waals surface area contributed by atoms with Gasteiger partial charge >= 0.3 is 0 Å². The average molecular weight is 205 g/mol. The third-order valence-electron chi connectivity index (χ3n) is 2.15.